The second-order valence-corrected chi connectivity index (χ2v) is 5.17. The summed E-state index contributed by atoms with van der Waals surface area (Å²) in [6.07, 6.45) is 3.48. The highest BCUT2D eigenvalue weighted by Crippen LogP contribution is 2.24. The molecule has 94 valence electrons. The number of ether oxygens (including phenoxy) is 1. The summed E-state index contributed by atoms with van der Waals surface area (Å²) in [6, 6.07) is 2.60. The smallest absolute Gasteiger partial charge is 0.217 e. The number of aryl methyl sites for hydroxylation is 1. The van der Waals surface area contributed by atoms with E-state index < -0.39 is 0 Å². The summed E-state index contributed by atoms with van der Waals surface area (Å²) in [5.74, 6) is 1.47. The fraction of sp³-hybridized carbons (Fsp3) is 0.667. The third-order valence-electron chi connectivity index (χ3n) is 2.90. The minimum absolute atomic E-state index is 0.660. The van der Waals surface area contributed by atoms with Crippen molar-refractivity contribution in [3.63, 3.8) is 0 Å². The molecule has 1 aromatic rings. The number of halogens is 1. The van der Waals surface area contributed by atoms with E-state index in [0.29, 0.717) is 12.5 Å². The molecule has 5 heteroatoms. The third kappa shape index (κ3) is 3.92. The Morgan fingerprint density at radius 1 is 1.47 bits per heavy atom. The number of nitrogens with zero attached hydrogens (tertiary/aromatic N) is 3. The Balaban J connectivity index is 1.83. The second-order valence-electron chi connectivity index (χ2n) is 4.36. The maximum Gasteiger partial charge on any atom is 0.217 e. The zero-order valence-electron chi connectivity index (χ0n) is 10.3. The van der Waals surface area contributed by atoms with Gasteiger partial charge in [0.15, 0.2) is 0 Å². The summed E-state index contributed by atoms with van der Waals surface area (Å²) in [6.45, 7) is 3.67. The molecule has 1 aliphatic rings. The highest BCUT2D eigenvalue weighted by atomic mass is 79.9. The van der Waals surface area contributed by atoms with Gasteiger partial charge in [-0.25, -0.2) is 4.98 Å². The molecule has 1 aromatic heterocycles. The van der Waals surface area contributed by atoms with E-state index in [2.05, 4.69) is 37.8 Å². The summed E-state index contributed by atoms with van der Waals surface area (Å²) in [5, 5.41) is 0. The molecule has 4 nitrogen and oxygen atoms in total. The fourth-order valence-corrected chi connectivity index (χ4v) is 2.07. The van der Waals surface area contributed by atoms with E-state index in [1.54, 1.807) is 0 Å². The average Bonchev–Trinajstić information content (AvgIpc) is 3.12. The van der Waals surface area contributed by atoms with Crippen molar-refractivity contribution >= 4 is 15.9 Å². The van der Waals surface area contributed by atoms with Gasteiger partial charge in [-0.15, -0.1) is 0 Å². The Morgan fingerprint density at radius 3 is 2.88 bits per heavy atom. The van der Waals surface area contributed by atoms with Gasteiger partial charge < -0.3 is 9.64 Å². The van der Waals surface area contributed by atoms with Crippen LogP contribution in [-0.4, -0.2) is 41.1 Å². The van der Waals surface area contributed by atoms with Crippen LogP contribution in [-0.2, 0) is 6.42 Å². The third-order valence-corrected chi connectivity index (χ3v) is 3.30. The molecular formula is C12H18BrN3O. The molecule has 1 heterocycles. The summed E-state index contributed by atoms with van der Waals surface area (Å²) in [4.78, 5) is 10.9. The van der Waals surface area contributed by atoms with Crippen molar-refractivity contribution in [3.8, 4) is 5.88 Å². The minimum Gasteiger partial charge on any atom is -0.476 e. The quantitative estimate of drug-likeness (QED) is 0.756. The fourth-order valence-electron chi connectivity index (χ4n) is 1.67. The van der Waals surface area contributed by atoms with E-state index in [9.17, 15) is 0 Å². The number of likely N-dealkylation sites (N-methyl/N-ethyl adjacent to an activating group) is 1. The summed E-state index contributed by atoms with van der Waals surface area (Å²) in [5.41, 5.74) is 0. The Bertz CT molecular complexity index is 382. The van der Waals surface area contributed by atoms with Gasteiger partial charge in [0.2, 0.25) is 5.88 Å². The normalized spacial score (nSPS) is 15.3. The van der Waals surface area contributed by atoms with Gasteiger partial charge in [0.1, 0.15) is 17.0 Å². The molecule has 1 saturated carbocycles. The van der Waals surface area contributed by atoms with Crippen LogP contribution in [0.4, 0.5) is 0 Å². The van der Waals surface area contributed by atoms with Crippen molar-refractivity contribution in [3.05, 3.63) is 16.5 Å². The van der Waals surface area contributed by atoms with Gasteiger partial charge in [0.25, 0.3) is 0 Å². The van der Waals surface area contributed by atoms with Crippen molar-refractivity contribution in [2.24, 2.45) is 0 Å². The average molecular weight is 300 g/mol. The van der Waals surface area contributed by atoms with E-state index >= 15 is 0 Å². The van der Waals surface area contributed by atoms with E-state index in [-0.39, 0.29) is 0 Å². The highest BCUT2D eigenvalue weighted by Gasteiger charge is 2.25. The maximum absolute atomic E-state index is 5.66. The van der Waals surface area contributed by atoms with Gasteiger partial charge in [0.05, 0.1) is 0 Å². The SMILES string of the molecule is CCc1nc(Br)cc(OCCN(C)C2CC2)n1. The Labute approximate surface area is 111 Å². The molecular weight excluding hydrogens is 282 g/mol. The lowest BCUT2D eigenvalue weighted by molar-refractivity contribution is 0.225. The first kappa shape index (κ1) is 12.8. The first-order chi connectivity index (χ1) is 8.19. The zero-order chi connectivity index (χ0) is 12.3. The lowest BCUT2D eigenvalue weighted by Gasteiger charge is -2.15. The van der Waals surface area contributed by atoms with Crippen molar-refractivity contribution in [1.29, 1.82) is 0 Å². The molecule has 0 radical (unpaired) electrons. The largest absolute Gasteiger partial charge is 0.476 e. The molecule has 0 N–H and O–H groups in total. The van der Waals surface area contributed by atoms with Crippen LogP contribution in [0.15, 0.2) is 10.7 Å². The Morgan fingerprint density at radius 2 is 2.24 bits per heavy atom. The maximum atomic E-state index is 5.66. The summed E-state index contributed by atoms with van der Waals surface area (Å²) >= 11 is 3.37. The summed E-state index contributed by atoms with van der Waals surface area (Å²) < 4.78 is 6.44. The minimum atomic E-state index is 0.660. The molecule has 2 rings (SSSR count). The molecule has 0 amide bonds. The lowest BCUT2D eigenvalue weighted by atomic mass is 10.4. The number of hydrogen-bond donors (Lipinski definition) is 0. The van der Waals surface area contributed by atoms with Crippen LogP contribution in [0.3, 0.4) is 0 Å². The van der Waals surface area contributed by atoms with Crippen molar-refractivity contribution in [2.75, 3.05) is 20.2 Å². The number of hydrogen-bond acceptors (Lipinski definition) is 4. The molecule has 0 aromatic carbocycles. The number of rotatable bonds is 6. The van der Waals surface area contributed by atoms with Crippen LogP contribution in [0.25, 0.3) is 0 Å². The van der Waals surface area contributed by atoms with Crippen LogP contribution < -0.4 is 4.74 Å². The first-order valence-corrected chi connectivity index (χ1v) is 6.85. The molecule has 0 aliphatic heterocycles. The van der Waals surface area contributed by atoms with Crippen LogP contribution in [0.1, 0.15) is 25.6 Å². The van der Waals surface area contributed by atoms with E-state index in [4.69, 9.17) is 4.74 Å². The molecule has 0 saturated heterocycles. The molecule has 1 fully saturated rings. The van der Waals surface area contributed by atoms with Gasteiger partial charge in [0, 0.05) is 25.1 Å². The molecule has 17 heavy (non-hydrogen) atoms. The molecule has 0 bridgehead atoms. The molecule has 0 unspecified atom stereocenters. The highest BCUT2D eigenvalue weighted by molar-refractivity contribution is 9.10. The predicted octanol–water partition coefficient (Wildman–Crippen LogP) is 2.27. The van der Waals surface area contributed by atoms with Crippen molar-refractivity contribution in [2.45, 2.75) is 32.2 Å². The number of aromatic nitrogens is 2. The van der Waals surface area contributed by atoms with Crippen LogP contribution in [0.5, 0.6) is 5.88 Å². The van der Waals surface area contributed by atoms with Gasteiger partial charge >= 0.3 is 0 Å². The van der Waals surface area contributed by atoms with Gasteiger partial charge in [-0.1, -0.05) is 6.92 Å². The monoisotopic (exact) mass is 299 g/mol. The van der Waals surface area contributed by atoms with Gasteiger partial charge in [-0.2, -0.15) is 4.98 Å². The van der Waals surface area contributed by atoms with E-state index in [1.807, 2.05) is 13.0 Å². The lowest BCUT2D eigenvalue weighted by Crippen LogP contribution is -2.26. The summed E-state index contributed by atoms with van der Waals surface area (Å²) in [7, 11) is 2.15. The first-order valence-electron chi connectivity index (χ1n) is 6.05. The van der Waals surface area contributed by atoms with Crippen LogP contribution >= 0.6 is 15.9 Å². The molecule has 0 atom stereocenters. The van der Waals surface area contributed by atoms with Crippen molar-refractivity contribution < 1.29 is 4.74 Å². The van der Waals surface area contributed by atoms with E-state index in [1.165, 1.54) is 12.8 Å². The van der Waals surface area contributed by atoms with Crippen LogP contribution in [0, 0.1) is 0 Å². The standard InChI is InChI=1S/C12H18BrN3O/c1-3-11-14-10(13)8-12(15-11)17-7-6-16(2)9-4-5-9/h8-9H,3-7H2,1-2H3. The Hall–Kier alpha value is -0.680. The Kier molecular flexibility index (Phi) is 4.34. The van der Waals surface area contributed by atoms with Crippen LogP contribution in [0.2, 0.25) is 0 Å². The zero-order valence-corrected chi connectivity index (χ0v) is 11.9. The van der Waals surface area contributed by atoms with Gasteiger partial charge in [-0.3, -0.25) is 0 Å². The molecule has 0 spiro atoms. The molecule has 1 aliphatic carbocycles. The van der Waals surface area contributed by atoms with Crippen molar-refractivity contribution in [1.82, 2.24) is 14.9 Å². The second kappa shape index (κ2) is 5.78. The predicted molar refractivity (Wildman–Crippen MR) is 70.3 cm³/mol. The topological polar surface area (TPSA) is 38.2 Å². The van der Waals surface area contributed by atoms with E-state index in [0.717, 1.165) is 29.4 Å². The van der Waals surface area contributed by atoms with Gasteiger partial charge in [-0.05, 0) is 35.8 Å².